The fraction of sp³-hybridized carbons (Fsp3) is 0.312. The summed E-state index contributed by atoms with van der Waals surface area (Å²) in [4.78, 5) is 12.2. The largest absolute Gasteiger partial charge is 0.482 e. The van der Waals surface area contributed by atoms with Gasteiger partial charge in [-0.05, 0) is 23.9 Å². The first-order valence-corrected chi connectivity index (χ1v) is 10.5. The van der Waals surface area contributed by atoms with Gasteiger partial charge in [-0.2, -0.15) is 0 Å². The van der Waals surface area contributed by atoms with Gasteiger partial charge in [-0.15, -0.1) is 11.3 Å². The number of sulfonamides is 1. The van der Waals surface area contributed by atoms with Gasteiger partial charge in [-0.1, -0.05) is 31.0 Å². The maximum atomic E-state index is 12.8. The summed E-state index contributed by atoms with van der Waals surface area (Å²) in [6, 6.07) is 6.21. The predicted molar refractivity (Wildman–Crippen MR) is 97.9 cm³/mol. The summed E-state index contributed by atoms with van der Waals surface area (Å²) >= 11 is 7.66. The third-order valence-electron chi connectivity index (χ3n) is 3.72. The first kappa shape index (κ1) is 18.2. The molecule has 0 fully saturated rings. The van der Waals surface area contributed by atoms with E-state index in [-0.39, 0.29) is 34.2 Å². The van der Waals surface area contributed by atoms with Crippen molar-refractivity contribution >= 4 is 44.6 Å². The molecule has 134 valence electrons. The Morgan fingerprint density at radius 3 is 2.92 bits per heavy atom. The van der Waals surface area contributed by atoms with Crippen LogP contribution in [0.25, 0.3) is 0 Å². The second kappa shape index (κ2) is 7.33. The van der Waals surface area contributed by atoms with Crippen molar-refractivity contribution in [1.82, 2.24) is 4.72 Å². The number of carbonyl (C=O) groups is 1. The van der Waals surface area contributed by atoms with E-state index in [0.29, 0.717) is 12.1 Å². The molecule has 0 aliphatic carbocycles. The van der Waals surface area contributed by atoms with E-state index in [1.165, 1.54) is 23.5 Å². The standard InChI is InChI=1S/C16H17ClN2O4S2/c1-2-4-11(14-5-3-6-24-14)19-25(21,22)15-8-13-12(7-10(15)17)18-16(20)9-23-13/h3,5-8,11,19H,2,4,9H2,1H3,(H,18,20)/t11-/m1/s1. The predicted octanol–water partition coefficient (Wildman–Crippen LogP) is 3.55. The highest BCUT2D eigenvalue weighted by molar-refractivity contribution is 7.89. The molecule has 0 spiro atoms. The second-order valence-electron chi connectivity index (χ2n) is 5.59. The lowest BCUT2D eigenvalue weighted by Crippen LogP contribution is -2.29. The van der Waals surface area contributed by atoms with E-state index in [1.807, 2.05) is 24.4 Å². The van der Waals surface area contributed by atoms with E-state index in [0.717, 1.165) is 11.3 Å². The maximum absolute atomic E-state index is 12.8. The van der Waals surface area contributed by atoms with Crippen LogP contribution in [0.5, 0.6) is 5.75 Å². The Labute approximate surface area is 155 Å². The van der Waals surface area contributed by atoms with Crippen LogP contribution in [0.2, 0.25) is 5.02 Å². The average Bonchev–Trinajstić information content (AvgIpc) is 3.07. The van der Waals surface area contributed by atoms with E-state index in [1.54, 1.807) is 0 Å². The normalized spacial score (nSPS) is 15.2. The topological polar surface area (TPSA) is 84.5 Å². The summed E-state index contributed by atoms with van der Waals surface area (Å²) in [7, 11) is -3.85. The zero-order valence-corrected chi connectivity index (χ0v) is 15.8. The third-order valence-corrected chi connectivity index (χ3v) is 6.64. The Kier molecular flexibility index (Phi) is 5.33. The van der Waals surface area contributed by atoms with Crippen molar-refractivity contribution in [2.75, 3.05) is 11.9 Å². The molecule has 9 heteroatoms. The Morgan fingerprint density at radius 1 is 1.44 bits per heavy atom. The van der Waals surface area contributed by atoms with Crippen molar-refractivity contribution < 1.29 is 17.9 Å². The Balaban J connectivity index is 1.93. The lowest BCUT2D eigenvalue weighted by atomic mass is 10.1. The summed E-state index contributed by atoms with van der Waals surface area (Å²) in [5.41, 5.74) is 0.364. The molecule has 3 rings (SSSR count). The molecule has 2 aromatic rings. The zero-order chi connectivity index (χ0) is 18.0. The van der Waals surface area contributed by atoms with Crippen LogP contribution in [0.1, 0.15) is 30.7 Å². The molecule has 0 unspecified atom stereocenters. The Bertz CT molecular complexity index is 882. The van der Waals surface area contributed by atoms with Gasteiger partial charge in [0.2, 0.25) is 10.0 Å². The highest BCUT2D eigenvalue weighted by atomic mass is 35.5. The van der Waals surface area contributed by atoms with Gasteiger partial charge in [0.1, 0.15) is 10.6 Å². The lowest BCUT2D eigenvalue weighted by molar-refractivity contribution is -0.118. The average molecular weight is 401 g/mol. The molecule has 1 aromatic heterocycles. The SMILES string of the molecule is CCC[C@@H](NS(=O)(=O)c1cc2c(cc1Cl)NC(=O)CO2)c1cccs1. The monoisotopic (exact) mass is 400 g/mol. The summed E-state index contributed by atoms with van der Waals surface area (Å²) in [6.07, 6.45) is 1.51. The molecule has 1 aliphatic heterocycles. The van der Waals surface area contributed by atoms with E-state index in [9.17, 15) is 13.2 Å². The molecule has 1 atom stereocenters. The first-order valence-electron chi connectivity index (χ1n) is 7.72. The van der Waals surface area contributed by atoms with Crippen LogP contribution in [-0.2, 0) is 14.8 Å². The minimum absolute atomic E-state index is 0.0264. The highest BCUT2D eigenvalue weighted by Crippen LogP contribution is 2.36. The second-order valence-corrected chi connectivity index (χ2v) is 8.66. The van der Waals surface area contributed by atoms with Crippen molar-refractivity contribution in [3.05, 3.63) is 39.5 Å². The molecule has 6 nitrogen and oxygen atoms in total. The number of ether oxygens (including phenoxy) is 1. The van der Waals surface area contributed by atoms with Crippen molar-refractivity contribution in [3.8, 4) is 5.75 Å². The number of halogens is 1. The fourth-order valence-electron chi connectivity index (χ4n) is 2.58. The van der Waals surface area contributed by atoms with Crippen molar-refractivity contribution in [2.24, 2.45) is 0 Å². The Hall–Kier alpha value is -1.61. The molecule has 0 bridgehead atoms. The van der Waals surface area contributed by atoms with Crippen molar-refractivity contribution in [3.63, 3.8) is 0 Å². The van der Waals surface area contributed by atoms with E-state index in [2.05, 4.69) is 10.0 Å². The smallest absolute Gasteiger partial charge is 0.262 e. The summed E-state index contributed by atoms with van der Waals surface area (Å²) < 4.78 is 33.7. The number of thiophene rings is 1. The van der Waals surface area contributed by atoms with Crippen LogP contribution >= 0.6 is 22.9 Å². The summed E-state index contributed by atoms with van der Waals surface area (Å²) in [5, 5.41) is 4.54. The minimum Gasteiger partial charge on any atom is -0.482 e. The van der Waals surface area contributed by atoms with Crippen LogP contribution in [-0.4, -0.2) is 20.9 Å². The number of rotatable bonds is 6. The molecule has 25 heavy (non-hydrogen) atoms. The van der Waals surface area contributed by atoms with Gasteiger partial charge in [0.05, 0.1) is 16.8 Å². The van der Waals surface area contributed by atoms with Crippen LogP contribution < -0.4 is 14.8 Å². The first-order chi connectivity index (χ1) is 11.9. The minimum atomic E-state index is -3.85. The summed E-state index contributed by atoms with van der Waals surface area (Å²) in [6.45, 7) is 1.84. The number of fused-ring (bicyclic) bond motifs is 1. The number of nitrogens with one attached hydrogen (secondary N) is 2. The van der Waals surface area contributed by atoms with Crippen molar-refractivity contribution in [2.45, 2.75) is 30.7 Å². The van der Waals surface area contributed by atoms with Gasteiger partial charge in [0.25, 0.3) is 5.91 Å². The van der Waals surface area contributed by atoms with Gasteiger partial charge in [0, 0.05) is 10.9 Å². The van der Waals surface area contributed by atoms with E-state index < -0.39 is 10.0 Å². The van der Waals surface area contributed by atoms with Gasteiger partial charge >= 0.3 is 0 Å². The molecular weight excluding hydrogens is 384 g/mol. The van der Waals surface area contributed by atoms with Gasteiger partial charge < -0.3 is 10.1 Å². The fourth-order valence-corrected chi connectivity index (χ4v) is 5.26. The van der Waals surface area contributed by atoms with Gasteiger partial charge in [0.15, 0.2) is 6.61 Å². The van der Waals surface area contributed by atoms with Crippen LogP contribution in [0, 0.1) is 0 Å². The Morgan fingerprint density at radius 2 is 2.24 bits per heavy atom. The number of anilines is 1. The number of amides is 1. The third kappa shape index (κ3) is 3.98. The molecule has 0 radical (unpaired) electrons. The number of hydrogen-bond acceptors (Lipinski definition) is 5. The van der Waals surface area contributed by atoms with Crippen LogP contribution in [0.4, 0.5) is 5.69 Å². The molecule has 1 aliphatic rings. The summed E-state index contributed by atoms with van der Waals surface area (Å²) in [5.74, 6) is -0.0226. The highest BCUT2D eigenvalue weighted by Gasteiger charge is 2.27. The van der Waals surface area contributed by atoms with Crippen LogP contribution in [0.3, 0.4) is 0 Å². The maximum Gasteiger partial charge on any atom is 0.262 e. The molecule has 2 N–H and O–H groups in total. The van der Waals surface area contributed by atoms with Gasteiger partial charge in [-0.25, -0.2) is 13.1 Å². The molecule has 1 aromatic carbocycles. The zero-order valence-electron chi connectivity index (χ0n) is 13.4. The molecule has 1 amide bonds. The van der Waals surface area contributed by atoms with E-state index >= 15 is 0 Å². The number of hydrogen-bond donors (Lipinski definition) is 2. The number of benzene rings is 1. The molecule has 0 saturated carbocycles. The quantitative estimate of drug-likeness (QED) is 0.776. The number of carbonyl (C=O) groups excluding carboxylic acids is 1. The van der Waals surface area contributed by atoms with Crippen molar-refractivity contribution in [1.29, 1.82) is 0 Å². The molecular formula is C16H17ClN2O4S2. The van der Waals surface area contributed by atoms with Gasteiger partial charge in [-0.3, -0.25) is 4.79 Å². The molecule has 0 saturated heterocycles. The lowest BCUT2D eigenvalue weighted by Gasteiger charge is -2.21. The molecule has 2 heterocycles. The van der Waals surface area contributed by atoms with E-state index in [4.69, 9.17) is 16.3 Å². The van der Waals surface area contributed by atoms with Crippen LogP contribution in [0.15, 0.2) is 34.5 Å².